The Labute approximate surface area is 190 Å². The van der Waals surface area contributed by atoms with E-state index in [1.807, 2.05) is 54.6 Å². The van der Waals surface area contributed by atoms with Gasteiger partial charge in [0.25, 0.3) is 11.5 Å². The zero-order valence-electron chi connectivity index (χ0n) is 18.3. The quantitative estimate of drug-likeness (QED) is 0.282. The Hall–Kier alpha value is -4.28. The third-order valence-corrected chi connectivity index (χ3v) is 5.50. The number of carbonyl (C=O) groups excluding carboxylic acids is 1. The summed E-state index contributed by atoms with van der Waals surface area (Å²) in [7, 11) is 1.49. The molecule has 0 spiro atoms. The highest BCUT2D eigenvalue weighted by molar-refractivity contribution is 6.13. The van der Waals surface area contributed by atoms with Crippen molar-refractivity contribution >= 4 is 33.7 Å². The number of benzene rings is 3. The SMILES string of the molecule is COCc1cc(C)n(CC(=O)N/N=C/c2c3ccccc3cc3ccccc23)c(=O)c1C#N. The van der Waals surface area contributed by atoms with E-state index in [9.17, 15) is 14.9 Å². The van der Waals surface area contributed by atoms with Crippen LogP contribution < -0.4 is 11.0 Å². The zero-order valence-corrected chi connectivity index (χ0v) is 18.3. The molecule has 164 valence electrons. The molecule has 1 heterocycles. The fourth-order valence-electron chi connectivity index (χ4n) is 3.96. The topological polar surface area (TPSA) is 96.5 Å². The van der Waals surface area contributed by atoms with E-state index in [4.69, 9.17) is 4.74 Å². The Morgan fingerprint density at radius 2 is 1.76 bits per heavy atom. The molecule has 0 aliphatic carbocycles. The lowest BCUT2D eigenvalue weighted by molar-refractivity contribution is -0.121. The minimum atomic E-state index is -0.524. The second kappa shape index (κ2) is 9.47. The lowest BCUT2D eigenvalue weighted by Crippen LogP contribution is -2.33. The third-order valence-electron chi connectivity index (χ3n) is 5.50. The Bertz CT molecular complexity index is 1440. The largest absolute Gasteiger partial charge is 0.380 e. The first-order valence-electron chi connectivity index (χ1n) is 10.4. The van der Waals surface area contributed by atoms with Gasteiger partial charge in [0.2, 0.25) is 0 Å². The average Bonchev–Trinajstić information content (AvgIpc) is 2.81. The molecule has 0 saturated carbocycles. The van der Waals surface area contributed by atoms with Crippen molar-refractivity contribution < 1.29 is 9.53 Å². The molecule has 0 saturated heterocycles. The molecule has 0 aliphatic rings. The van der Waals surface area contributed by atoms with E-state index in [2.05, 4.69) is 16.6 Å². The molecule has 1 N–H and O–H groups in total. The number of carbonyl (C=O) groups is 1. The minimum absolute atomic E-state index is 0.0269. The van der Waals surface area contributed by atoms with Crippen LogP contribution in [0.4, 0.5) is 0 Å². The predicted molar refractivity (Wildman–Crippen MR) is 128 cm³/mol. The molecule has 3 aromatic carbocycles. The smallest absolute Gasteiger partial charge is 0.269 e. The minimum Gasteiger partial charge on any atom is -0.380 e. The number of hydrogen-bond donors (Lipinski definition) is 1. The van der Waals surface area contributed by atoms with Crippen LogP contribution in [-0.2, 0) is 22.7 Å². The maximum Gasteiger partial charge on any atom is 0.269 e. The number of aromatic nitrogens is 1. The molecule has 0 fully saturated rings. The number of hydrogen-bond acceptors (Lipinski definition) is 5. The van der Waals surface area contributed by atoms with Gasteiger partial charge in [0.05, 0.1) is 12.8 Å². The molecule has 1 aromatic heterocycles. The summed E-state index contributed by atoms with van der Waals surface area (Å²) in [5, 5.41) is 17.7. The lowest BCUT2D eigenvalue weighted by Gasteiger charge is -2.12. The van der Waals surface area contributed by atoms with Gasteiger partial charge in [-0.3, -0.25) is 9.59 Å². The molecule has 4 aromatic rings. The van der Waals surface area contributed by atoms with Gasteiger partial charge in [0.15, 0.2) is 0 Å². The van der Waals surface area contributed by atoms with Crippen molar-refractivity contribution in [3.63, 3.8) is 0 Å². The number of rotatable bonds is 6. The Morgan fingerprint density at radius 3 is 2.36 bits per heavy atom. The van der Waals surface area contributed by atoms with Crippen molar-refractivity contribution in [1.29, 1.82) is 5.26 Å². The first-order chi connectivity index (χ1) is 16.0. The number of amides is 1. The van der Waals surface area contributed by atoms with Gasteiger partial charge in [0.1, 0.15) is 18.2 Å². The van der Waals surface area contributed by atoms with Gasteiger partial charge < -0.3 is 9.30 Å². The van der Waals surface area contributed by atoms with Gasteiger partial charge in [-0.25, -0.2) is 5.43 Å². The van der Waals surface area contributed by atoms with Crippen LogP contribution in [0.2, 0.25) is 0 Å². The lowest BCUT2D eigenvalue weighted by atomic mass is 9.97. The van der Waals surface area contributed by atoms with Crippen LogP contribution in [0.1, 0.15) is 22.4 Å². The summed E-state index contributed by atoms with van der Waals surface area (Å²) in [5.74, 6) is -0.468. The molecular formula is C26H22N4O3. The third kappa shape index (κ3) is 4.38. The summed E-state index contributed by atoms with van der Waals surface area (Å²) in [4.78, 5) is 25.3. The molecule has 0 atom stereocenters. The van der Waals surface area contributed by atoms with Crippen molar-refractivity contribution in [2.24, 2.45) is 5.10 Å². The van der Waals surface area contributed by atoms with Gasteiger partial charge in [0, 0.05) is 23.9 Å². The van der Waals surface area contributed by atoms with E-state index in [0.29, 0.717) is 11.3 Å². The molecule has 7 nitrogen and oxygen atoms in total. The predicted octanol–water partition coefficient (Wildman–Crippen LogP) is 3.63. The van der Waals surface area contributed by atoms with Gasteiger partial charge in [-0.15, -0.1) is 0 Å². The number of nitrogens with one attached hydrogen (secondary N) is 1. The van der Waals surface area contributed by atoms with Gasteiger partial charge in [-0.2, -0.15) is 10.4 Å². The maximum atomic E-state index is 12.7. The summed E-state index contributed by atoms with van der Waals surface area (Å²) in [6.45, 7) is 1.61. The molecule has 0 unspecified atom stereocenters. The van der Waals surface area contributed by atoms with E-state index in [-0.39, 0.29) is 18.7 Å². The van der Waals surface area contributed by atoms with Crippen molar-refractivity contribution in [3.8, 4) is 6.07 Å². The standard InChI is InChI=1S/C26H22N4O3/c1-17-11-20(16-33-2)23(13-27)26(32)30(17)15-25(31)29-28-14-24-21-9-5-3-7-18(21)12-19-8-4-6-10-22(19)24/h3-12,14H,15-16H2,1-2H3,(H,29,31)/b28-14+. The van der Waals surface area contributed by atoms with Crippen molar-refractivity contribution in [2.45, 2.75) is 20.1 Å². The summed E-state index contributed by atoms with van der Waals surface area (Å²) < 4.78 is 6.32. The van der Waals surface area contributed by atoms with Crippen LogP contribution in [0.5, 0.6) is 0 Å². The van der Waals surface area contributed by atoms with Crippen LogP contribution in [-0.4, -0.2) is 23.8 Å². The summed E-state index contributed by atoms with van der Waals surface area (Å²) in [6.07, 6.45) is 1.63. The highest BCUT2D eigenvalue weighted by Crippen LogP contribution is 2.27. The van der Waals surface area contributed by atoms with Gasteiger partial charge >= 0.3 is 0 Å². The van der Waals surface area contributed by atoms with E-state index in [1.165, 1.54) is 11.7 Å². The number of pyridine rings is 1. The van der Waals surface area contributed by atoms with Crippen LogP contribution in [0, 0.1) is 18.3 Å². The molecule has 7 heteroatoms. The van der Waals surface area contributed by atoms with E-state index in [1.54, 1.807) is 19.2 Å². The second-order valence-electron chi connectivity index (χ2n) is 7.65. The molecule has 0 bridgehead atoms. The summed E-state index contributed by atoms with van der Waals surface area (Å²) in [6, 6.07) is 21.7. The molecule has 1 amide bonds. The highest BCUT2D eigenvalue weighted by Gasteiger charge is 2.15. The molecular weight excluding hydrogens is 416 g/mol. The fourth-order valence-corrected chi connectivity index (χ4v) is 3.96. The highest BCUT2D eigenvalue weighted by atomic mass is 16.5. The van der Waals surface area contributed by atoms with Crippen molar-refractivity contribution in [1.82, 2.24) is 9.99 Å². The maximum absolute atomic E-state index is 12.7. The molecule has 0 aliphatic heterocycles. The Kier molecular flexibility index (Phi) is 6.29. The van der Waals surface area contributed by atoms with Crippen LogP contribution in [0.15, 0.2) is 70.6 Å². The van der Waals surface area contributed by atoms with Gasteiger partial charge in [-0.05, 0) is 40.6 Å². The second-order valence-corrected chi connectivity index (χ2v) is 7.65. The van der Waals surface area contributed by atoms with E-state index in [0.717, 1.165) is 27.1 Å². The molecule has 33 heavy (non-hydrogen) atoms. The van der Waals surface area contributed by atoms with Gasteiger partial charge in [-0.1, -0.05) is 48.5 Å². The Morgan fingerprint density at radius 1 is 1.12 bits per heavy atom. The number of hydrazone groups is 1. The molecule has 4 rings (SSSR count). The monoisotopic (exact) mass is 438 g/mol. The van der Waals surface area contributed by atoms with E-state index >= 15 is 0 Å². The zero-order chi connectivity index (χ0) is 23.4. The number of methoxy groups -OCH3 is 1. The van der Waals surface area contributed by atoms with Crippen molar-refractivity contribution in [2.75, 3.05) is 7.11 Å². The Balaban J connectivity index is 1.61. The first-order valence-corrected chi connectivity index (χ1v) is 10.4. The first kappa shape index (κ1) is 21.9. The average molecular weight is 438 g/mol. The normalized spacial score (nSPS) is 11.2. The number of ether oxygens (including phenoxy) is 1. The number of aryl methyl sites for hydroxylation is 1. The number of nitriles is 1. The summed E-state index contributed by atoms with van der Waals surface area (Å²) in [5.41, 5.74) is 3.91. The number of nitrogens with zero attached hydrogens (tertiary/aromatic N) is 3. The van der Waals surface area contributed by atoms with Crippen LogP contribution in [0.3, 0.4) is 0 Å². The molecule has 0 radical (unpaired) electrons. The van der Waals surface area contributed by atoms with Crippen molar-refractivity contribution in [3.05, 3.63) is 93.4 Å². The van der Waals surface area contributed by atoms with Crippen LogP contribution in [0.25, 0.3) is 21.5 Å². The summed E-state index contributed by atoms with van der Waals surface area (Å²) >= 11 is 0. The van der Waals surface area contributed by atoms with Crippen LogP contribution >= 0.6 is 0 Å². The van der Waals surface area contributed by atoms with E-state index < -0.39 is 11.5 Å². The number of fused-ring (bicyclic) bond motifs is 2. The fraction of sp³-hybridized carbons (Fsp3) is 0.154.